The van der Waals surface area contributed by atoms with E-state index in [-0.39, 0.29) is 5.97 Å². The van der Waals surface area contributed by atoms with E-state index in [2.05, 4.69) is 28.2 Å². The molecule has 0 spiro atoms. The molecule has 1 fully saturated rings. The predicted molar refractivity (Wildman–Crippen MR) is 82.1 cm³/mol. The molecule has 1 N–H and O–H groups in total. The standard InChI is InChI=1S/C14H20BrNO2S/c1-8(10-4-6-16-7-5-10)12-9(2)11(13(15)19-12)14(17)18-3/h8,10,16H,4-7H2,1-3H3. The van der Waals surface area contributed by atoms with Gasteiger partial charge in [-0.1, -0.05) is 6.92 Å². The lowest BCUT2D eigenvalue weighted by Crippen LogP contribution is -2.30. The van der Waals surface area contributed by atoms with Crippen LogP contribution < -0.4 is 5.32 Å². The number of piperidine rings is 1. The fourth-order valence-corrected chi connectivity index (χ4v) is 4.97. The quantitative estimate of drug-likeness (QED) is 0.848. The van der Waals surface area contributed by atoms with E-state index in [0.29, 0.717) is 17.4 Å². The molecule has 0 aromatic carbocycles. The number of carbonyl (C=O) groups is 1. The zero-order valence-electron chi connectivity index (χ0n) is 11.6. The van der Waals surface area contributed by atoms with Crippen molar-refractivity contribution in [2.24, 2.45) is 5.92 Å². The summed E-state index contributed by atoms with van der Waals surface area (Å²) in [6.45, 7) is 6.51. The molecule has 1 atom stereocenters. The van der Waals surface area contributed by atoms with Gasteiger partial charge in [0.2, 0.25) is 0 Å². The fraction of sp³-hybridized carbons (Fsp3) is 0.643. The van der Waals surface area contributed by atoms with Gasteiger partial charge in [-0.15, -0.1) is 11.3 Å². The lowest BCUT2D eigenvalue weighted by Gasteiger charge is -2.28. The van der Waals surface area contributed by atoms with Crippen LogP contribution in [-0.4, -0.2) is 26.2 Å². The van der Waals surface area contributed by atoms with E-state index in [4.69, 9.17) is 4.74 Å². The van der Waals surface area contributed by atoms with E-state index in [1.165, 1.54) is 24.8 Å². The molecule has 0 aliphatic carbocycles. The second-order valence-electron chi connectivity index (χ2n) is 5.11. The van der Waals surface area contributed by atoms with E-state index >= 15 is 0 Å². The van der Waals surface area contributed by atoms with Crippen LogP contribution in [0.2, 0.25) is 0 Å². The Kier molecular flexibility index (Phi) is 5.03. The average Bonchev–Trinajstić information content (AvgIpc) is 2.73. The molecule has 0 saturated carbocycles. The summed E-state index contributed by atoms with van der Waals surface area (Å²) in [4.78, 5) is 13.1. The second-order valence-corrected chi connectivity index (χ2v) is 7.48. The highest BCUT2D eigenvalue weighted by Gasteiger charge is 2.28. The van der Waals surface area contributed by atoms with Crippen LogP contribution in [0.25, 0.3) is 0 Å². The van der Waals surface area contributed by atoms with Gasteiger partial charge in [0, 0.05) is 4.88 Å². The Hall–Kier alpha value is -0.390. The molecule has 106 valence electrons. The van der Waals surface area contributed by atoms with Gasteiger partial charge in [0.05, 0.1) is 16.5 Å². The average molecular weight is 346 g/mol. The Balaban J connectivity index is 2.27. The zero-order chi connectivity index (χ0) is 14.0. The van der Waals surface area contributed by atoms with E-state index < -0.39 is 0 Å². The third-order valence-corrected chi connectivity index (χ3v) is 6.20. The second kappa shape index (κ2) is 6.37. The van der Waals surface area contributed by atoms with Crippen LogP contribution in [0.15, 0.2) is 3.79 Å². The van der Waals surface area contributed by atoms with Gasteiger partial charge < -0.3 is 10.1 Å². The van der Waals surface area contributed by atoms with Crippen LogP contribution >= 0.6 is 27.3 Å². The van der Waals surface area contributed by atoms with Crippen LogP contribution in [0.4, 0.5) is 0 Å². The molecule has 0 radical (unpaired) electrons. The number of rotatable bonds is 3. The van der Waals surface area contributed by atoms with Crippen molar-refractivity contribution in [3.63, 3.8) is 0 Å². The highest BCUT2D eigenvalue weighted by atomic mass is 79.9. The molecule has 19 heavy (non-hydrogen) atoms. The zero-order valence-corrected chi connectivity index (χ0v) is 14.0. The molecule has 1 aromatic heterocycles. The number of hydrogen-bond acceptors (Lipinski definition) is 4. The van der Waals surface area contributed by atoms with E-state index in [1.54, 1.807) is 11.3 Å². The lowest BCUT2D eigenvalue weighted by atomic mass is 9.84. The molecule has 1 unspecified atom stereocenters. The largest absolute Gasteiger partial charge is 0.465 e. The minimum atomic E-state index is -0.246. The summed E-state index contributed by atoms with van der Waals surface area (Å²) in [7, 11) is 1.43. The summed E-state index contributed by atoms with van der Waals surface area (Å²) in [6, 6.07) is 0. The van der Waals surface area contributed by atoms with Crippen LogP contribution in [0, 0.1) is 12.8 Å². The number of ether oxygens (including phenoxy) is 1. The number of carbonyl (C=O) groups excluding carboxylic acids is 1. The first kappa shape index (κ1) is 15.0. The third-order valence-electron chi connectivity index (χ3n) is 4.03. The first-order valence-electron chi connectivity index (χ1n) is 6.64. The van der Waals surface area contributed by atoms with Crippen molar-refractivity contribution in [2.75, 3.05) is 20.2 Å². The maximum atomic E-state index is 11.8. The summed E-state index contributed by atoms with van der Waals surface area (Å²) in [5.74, 6) is 0.960. The molecule has 1 aromatic rings. The molecule has 2 rings (SSSR count). The van der Waals surface area contributed by atoms with Crippen LogP contribution in [0.5, 0.6) is 0 Å². The van der Waals surface area contributed by atoms with Crippen LogP contribution in [-0.2, 0) is 4.74 Å². The first-order chi connectivity index (χ1) is 9.06. The molecule has 3 nitrogen and oxygen atoms in total. The van der Waals surface area contributed by atoms with Crippen LogP contribution in [0.3, 0.4) is 0 Å². The van der Waals surface area contributed by atoms with Crippen molar-refractivity contribution >= 4 is 33.2 Å². The van der Waals surface area contributed by atoms with Crippen molar-refractivity contribution in [1.82, 2.24) is 5.32 Å². The van der Waals surface area contributed by atoms with E-state index in [0.717, 1.165) is 22.4 Å². The van der Waals surface area contributed by atoms with Crippen molar-refractivity contribution in [3.05, 3.63) is 19.8 Å². The summed E-state index contributed by atoms with van der Waals surface area (Å²) in [6.07, 6.45) is 2.42. The van der Waals surface area contributed by atoms with Gasteiger partial charge in [-0.05, 0) is 66.2 Å². The van der Waals surface area contributed by atoms with Crippen molar-refractivity contribution < 1.29 is 9.53 Å². The molecular formula is C14H20BrNO2S. The Morgan fingerprint density at radius 3 is 2.68 bits per heavy atom. The van der Waals surface area contributed by atoms with Gasteiger partial charge in [-0.2, -0.15) is 0 Å². The summed E-state index contributed by atoms with van der Waals surface area (Å²) < 4.78 is 5.76. The third kappa shape index (κ3) is 3.03. The SMILES string of the molecule is COC(=O)c1c(Br)sc(C(C)C2CCNCC2)c1C. The van der Waals surface area contributed by atoms with E-state index in [9.17, 15) is 4.79 Å². The molecule has 0 bridgehead atoms. The maximum absolute atomic E-state index is 11.8. The fourth-order valence-electron chi connectivity index (χ4n) is 2.82. The number of halogens is 1. The van der Waals surface area contributed by atoms with Crippen molar-refractivity contribution in [1.29, 1.82) is 0 Å². The summed E-state index contributed by atoms with van der Waals surface area (Å²) >= 11 is 5.19. The molecule has 0 amide bonds. The number of hydrogen-bond donors (Lipinski definition) is 1. The maximum Gasteiger partial charge on any atom is 0.340 e. The Morgan fingerprint density at radius 1 is 1.47 bits per heavy atom. The van der Waals surface area contributed by atoms with Gasteiger partial charge in [-0.25, -0.2) is 4.79 Å². The number of nitrogens with one attached hydrogen (secondary N) is 1. The molecular weight excluding hydrogens is 326 g/mol. The number of thiophene rings is 1. The highest BCUT2D eigenvalue weighted by Crippen LogP contribution is 2.41. The minimum absolute atomic E-state index is 0.246. The molecule has 2 heterocycles. The van der Waals surface area contributed by atoms with Crippen molar-refractivity contribution in [2.45, 2.75) is 32.6 Å². The summed E-state index contributed by atoms with van der Waals surface area (Å²) in [5, 5.41) is 3.40. The lowest BCUT2D eigenvalue weighted by molar-refractivity contribution is 0.0599. The monoisotopic (exact) mass is 345 g/mol. The number of methoxy groups -OCH3 is 1. The molecule has 5 heteroatoms. The summed E-state index contributed by atoms with van der Waals surface area (Å²) in [5.41, 5.74) is 1.78. The number of esters is 1. The van der Waals surface area contributed by atoms with Crippen molar-refractivity contribution in [3.8, 4) is 0 Å². The molecule has 1 aliphatic heterocycles. The molecule has 1 aliphatic rings. The van der Waals surface area contributed by atoms with Crippen LogP contribution in [0.1, 0.15) is 46.5 Å². The minimum Gasteiger partial charge on any atom is -0.465 e. The first-order valence-corrected chi connectivity index (χ1v) is 8.25. The Labute approximate surface area is 126 Å². The normalized spacial score (nSPS) is 18.3. The van der Waals surface area contributed by atoms with Gasteiger partial charge >= 0.3 is 5.97 Å². The molecule has 1 saturated heterocycles. The van der Waals surface area contributed by atoms with Gasteiger partial charge in [0.15, 0.2) is 0 Å². The topological polar surface area (TPSA) is 38.3 Å². The Morgan fingerprint density at radius 2 is 2.11 bits per heavy atom. The van der Waals surface area contributed by atoms with Gasteiger partial charge in [-0.3, -0.25) is 0 Å². The van der Waals surface area contributed by atoms with Gasteiger partial charge in [0.25, 0.3) is 0 Å². The van der Waals surface area contributed by atoms with Gasteiger partial charge in [0.1, 0.15) is 0 Å². The smallest absolute Gasteiger partial charge is 0.340 e. The van der Waals surface area contributed by atoms with E-state index in [1.807, 2.05) is 6.92 Å². The highest BCUT2D eigenvalue weighted by molar-refractivity contribution is 9.11. The Bertz CT molecular complexity index is 466. The predicted octanol–water partition coefficient (Wildman–Crippen LogP) is 3.71.